The lowest BCUT2D eigenvalue weighted by Gasteiger charge is -2.19. The fraction of sp³-hybridized carbons (Fsp3) is 0.625. The first-order valence-corrected chi connectivity index (χ1v) is 7.66. The number of rotatable bonds is 5. The molecule has 1 fully saturated rings. The molecule has 0 radical (unpaired) electrons. The molecule has 0 spiro atoms. The van der Waals surface area contributed by atoms with Gasteiger partial charge in [-0.15, -0.1) is 0 Å². The van der Waals surface area contributed by atoms with Crippen LogP contribution in [-0.2, 0) is 16.0 Å². The van der Waals surface area contributed by atoms with Gasteiger partial charge in [0.25, 0.3) is 0 Å². The van der Waals surface area contributed by atoms with Gasteiger partial charge in [-0.25, -0.2) is 9.59 Å². The molecule has 0 atom stereocenters. The molecule has 0 unspecified atom stereocenters. The molecule has 0 aliphatic heterocycles. The minimum Gasteiger partial charge on any atom is -0.461 e. The zero-order valence-electron chi connectivity index (χ0n) is 13.6. The molecule has 1 aromatic rings. The molecule has 1 N–H and O–H groups in total. The molecule has 1 aromatic heterocycles. The van der Waals surface area contributed by atoms with Gasteiger partial charge in [0.1, 0.15) is 11.3 Å². The van der Waals surface area contributed by atoms with Gasteiger partial charge in [0.15, 0.2) is 0 Å². The van der Waals surface area contributed by atoms with Crippen LogP contribution in [0.3, 0.4) is 0 Å². The fourth-order valence-electron chi connectivity index (χ4n) is 2.11. The molecule has 0 aromatic carbocycles. The van der Waals surface area contributed by atoms with Crippen LogP contribution in [0.5, 0.6) is 0 Å². The maximum atomic E-state index is 12.0. The summed E-state index contributed by atoms with van der Waals surface area (Å²) < 4.78 is 12.1. The number of aromatic nitrogens is 1. The van der Waals surface area contributed by atoms with Crippen LogP contribution >= 0.6 is 0 Å². The second-order valence-corrected chi connectivity index (χ2v) is 6.56. The van der Waals surface area contributed by atoms with Crippen molar-refractivity contribution < 1.29 is 19.1 Å². The Balaban J connectivity index is 2.10. The van der Waals surface area contributed by atoms with E-state index in [0.717, 1.165) is 6.54 Å². The highest BCUT2D eigenvalue weighted by Gasteiger charge is 2.25. The summed E-state index contributed by atoms with van der Waals surface area (Å²) in [4.78, 5) is 23.8. The predicted octanol–water partition coefficient (Wildman–Crippen LogP) is 3.42. The van der Waals surface area contributed by atoms with Crippen molar-refractivity contribution in [2.45, 2.75) is 52.7 Å². The average molecular weight is 308 g/mol. The lowest BCUT2D eigenvalue weighted by molar-refractivity contribution is 0.0512. The summed E-state index contributed by atoms with van der Waals surface area (Å²) in [6.45, 7) is 8.26. The minimum absolute atomic E-state index is 0.322. The van der Waals surface area contributed by atoms with E-state index in [4.69, 9.17) is 9.47 Å². The molecule has 122 valence electrons. The largest absolute Gasteiger partial charge is 0.461 e. The van der Waals surface area contributed by atoms with E-state index < -0.39 is 11.7 Å². The van der Waals surface area contributed by atoms with Crippen LogP contribution in [0.1, 0.15) is 51.0 Å². The Morgan fingerprint density at radius 1 is 1.36 bits per heavy atom. The summed E-state index contributed by atoms with van der Waals surface area (Å²) in [5.74, 6) is 0.232. The minimum atomic E-state index is -0.565. The fourth-order valence-corrected chi connectivity index (χ4v) is 2.11. The van der Waals surface area contributed by atoms with Crippen molar-refractivity contribution in [2.24, 2.45) is 5.92 Å². The molecule has 2 rings (SSSR count). The van der Waals surface area contributed by atoms with Crippen LogP contribution in [0.2, 0.25) is 0 Å². The number of hydrogen-bond acceptors (Lipinski definition) is 4. The molecule has 1 aliphatic carbocycles. The molecule has 1 heterocycles. The highest BCUT2D eigenvalue weighted by Crippen LogP contribution is 2.32. The molecule has 6 heteroatoms. The molecular formula is C16H24N2O4. The number of nitrogens with zero attached hydrogens (tertiary/aromatic N) is 1. The molecule has 22 heavy (non-hydrogen) atoms. The van der Waals surface area contributed by atoms with Crippen molar-refractivity contribution >= 4 is 17.7 Å². The Bertz CT molecular complexity index is 553. The van der Waals surface area contributed by atoms with Crippen LogP contribution < -0.4 is 5.32 Å². The van der Waals surface area contributed by atoms with Crippen molar-refractivity contribution in [1.29, 1.82) is 0 Å². The standard InChI is InChI=1S/C16H24N2O4/c1-5-21-14(19)13-8-12(10-18(13)9-11-6-7-11)17-15(20)22-16(2,3)4/h8,10-11H,5-7,9H2,1-4H3,(H,17,20). The van der Waals surface area contributed by atoms with Gasteiger partial charge in [-0.05, 0) is 52.5 Å². The second-order valence-electron chi connectivity index (χ2n) is 6.56. The van der Waals surface area contributed by atoms with Gasteiger partial charge in [0, 0.05) is 12.7 Å². The van der Waals surface area contributed by atoms with E-state index in [9.17, 15) is 9.59 Å². The van der Waals surface area contributed by atoms with E-state index in [1.807, 2.05) is 4.57 Å². The topological polar surface area (TPSA) is 69.6 Å². The maximum absolute atomic E-state index is 12.0. The molecule has 0 bridgehead atoms. The quantitative estimate of drug-likeness (QED) is 0.846. The van der Waals surface area contributed by atoms with Crippen molar-refractivity contribution in [3.05, 3.63) is 18.0 Å². The second kappa shape index (κ2) is 6.42. The van der Waals surface area contributed by atoms with Gasteiger partial charge in [-0.2, -0.15) is 0 Å². The van der Waals surface area contributed by atoms with Gasteiger partial charge < -0.3 is 14.0 Å². The van der Waals surface area contributed by atoms with E-state index >= 15 is 0 Å². The van der Waals surface area contributed by atoms with Gasteiger partial charge >= 0.3 is 12.1 Å². The van der Waals surface area contributed by atoms with Gasteiger partial charge in [-0.1, -0.05) is 0 Å². The summed E-state index contributed by atoms with van der Waals surface area (Å²) in [6, 6.07) is 1.63. The summed E-state index contributed by atoms with van der Waals surface area (Å²) in [5, 5.41) is 2.66. The summed E-state index contributed by atoms with van der Waals surface area (Å²) >= 11 is 0. The van der Waals surface area contributed by atoms with Crippen molar-refractivity contribution in [2.75, 3.05) is 11.9 Å². The lowest BCUT2D eigenvalue weighted by Crippen LogP contribution is -2.27. The van der Waals surface area contributed by atoms with Gasteiger partial charge in [-0.3, -0.25) is 5.32 Å². The van der Waals surface area contributed by atoms with Crippen LogP contribution in [-0.4, -0.2) is 28.8 Å². The van der Waals surface area contributed by atoms with E-state index in [1.54, 1.807) is 40.0 Å². The number of carbonyl (C=O) groups is 2. The monoisotopic (exact) mass is 308 g/mol. The third kappa shape index (κ3) is 4.79. The number of amides is 1. The number of anilines is 1. The number of hydrogen-bond donors (Lipinski definition) is 1. The molecule has 1 amide bonds. The van der Waals surface area contributed by atoms with E-state index in [2.05, 4.69) is 5.32 Å². The summed E-state index contributed by atoms with van der Waals surface area (Å²) in [6.07, 6.45) is 3.57. The first-order chi connectivity index (χ1) is 10.3. The third-order valence-corrected chi connectivity index (χ3v) is 3.18. The third-order valence-electron chi connectivity index (χ3n) is 3.18. The Labute approximate surface area is 130 Å². The Kier molecular flexibility index (Phi) is 4.78. The van der Waals surface area contributed by atoms with Crippen LogP contribution in [0.25, 0.3) is 0 Å². The van der Waals surface area contributed by atoms with Gasteiger partial charge in [0.05, 0.1) is 12.3 Å². The van der Waals surface area contributed by atoms with Crippen molar-refractivity contribution in [3.63, 3.8) is 0 Å². The van der Waals surface area contributed by atoms with E-state index in [-0.39, 0.29) is 5.97 Å². The zero-order chi connectivity index (χ0) is 16.3. The van der Waals surface area contributed by atoms with Crippen LogP contribution in [0.15, 0.2) is 12.3 Å². The average Bonchev–Trinajstić information content (AvgIpc) is 3.08. The predicted molar refractivity (Wildman–Crippen MR) is 83.0 cm³/mol. The van der Waals surface area contributed by atoms with Crippen molar-refractivity contribution in [1.82, 2.24) is 4.57 Å². The summed E-state index contributed by atoms with van der Waals surface area (Å²) in [7, 11) is 0. The number of carbonyl (C=O) groups excluding carboxylic acids is 2. The van der Waals surface area contributed by atoms with Crippen LogP contribution in [0, 0.1) is 5.92 Å². The Hall–Kier alpha value is -1.98. The van der Waals surface area contributed by atoms with E-state index in [0.29, 0.717) is 23.9 Å². The molecular weight excluding hydrogens is 284 g/mol. The zero-order valence-corrected chi connectivity index (χ0v) is 13.6. The normalized spacial score (nSPS) is 14.5. The first kappa shape index (κ1) is 16.4. The molecule has 1 aliphatic rings. The first-order valence-electron chi connectivity index (χ1n) is 7.66. The Morgan fingerprint density at radius 2 is 2.05 bits per heavy atom. The maximum Gasteiger partial charge on any atom is 0.412 e. The molecule has 6 nitrogen and oxygen atoms in total. The highest BCUT2D eigenvalue weighted by atomic mass is 16.6. The molecule has 1 saturated carbocycles. The van der Waals surface area contributed by atoms with Gasteiger partial charge in [0.2, 0.25) is 0 Å². The molecule has 0 saturated heterocycles. The SMILES string of the molecule is CCOC(=O)c1cc(NC(=O)OC(C)(C)C)cn1CC1CC1. The Morgan fingerprint density at radius 3 is 2.59 bits per heavy atom. The number of esters is 1. The smallest absolute Gasteiger partial charge is 0.412 e. The van der Waals surface area contributed by atoms with E-state index in [1.165, 1.54) is 12.8 Å². The summed E-state index contributed by atoms with van der Waals surface area (Å²) in [5.41, 5.74) is 0.433. The lowest BCUT2D eigenvalue weighted by atomic mass is 10.2. The van der Waals surface area contributed by atoms with Crippen LogP contribution in [0.4, 0.5) is 10.5 Å². The van der Waals surface area contributed by atoms with Crippen molar-refractivity contribution in [3.8, 4) is 0 Å². The highest BCUT2D eigenvalue weighted by molar-refractivity contribution is 5.92. The number of nitrogens with one attached hydrogen (secondary N) is 1. The number of ether oxygens (including phenoxy) is 2.